The van der Waals surface area contributed by atoms with Gasteiger partial charge in [0, 0.05) is 5.92 Å². The lowest BCUT2D eigenvalue weighted by atomic mass is 10.1. The molecule has 1 heterocycles. The molecule has 1 saturated heterocycles. The molecule has 4 heteroatoms. The molecule has 0 aromatic heterocycles. The summed E-state index contributed by atoms with van der Waals surface area (Å²) in [7, 11) is 0. The highest BCUT2D eigenvalue weighted by molar-refractivity contribution is 5.92. The van der Waals surface area contributed by atoms with Crippen molar-refractivity contribution in [3.8, 4) is 0 Å². The SMILES string of the molecule is CC[C@H](C)C(=O)N[C@H]1C(=O)CO[C@H]1C. The van der Waals surface area contributed by atoms with Crippen LogP contribution >= 0.6 is 0 Å². The van der Waals surface area contributed by atoms with Crippen LogP contribution in [0.15, 0.2) is 0 Å². The molecule has 1 N–H and O–H groups in total. The minimum absolute atomic E-state index is 0.0332. The molecular weight excluding hydrogens is 182 g/mol. The van der Waals surface area contributed by atoms with Gasteiger partial charge in [0.25, 0.3) is 0 Å². The molecule has 80 valence electrons. The van der Waals surface area contributed by atoms with Crippen LogP contribution < -0.4 is 5.32 Å². The molecule has 0 radical (unpaired) electrons. The highest BCUT2D eigenvalue weighted by Crippen LogP contribution is 2.11. The van der Waals surface area contributed by atoms with Crippen LogP contribution in [0.5, 0.6) is 0 Å². The van der Waals surface area contributed by atoms with Crippen molar-refractivity contribution in [3.05, 3.63) is 0 Å². The first kappa shape index (κ1) is 11.2. The maximum Gasteiger partial charge on any atom is 0.223 e. The van der Waals surface area contributed by atoms with E-state index < -0.39 is 6.04 Å². The van der Waals surface area contributed by atoms with Gasteiger partial charge in [-0.15, -0.1) is 0 Å². The van der Waals surface area contributed by atoms with Gasteiger partial charge in [0.2, 0.25) is 5.91 Å². The van der Waals surface area contributed by atoms with Crippen LogP contribution in [0.1, 0.15) is 27.2 Å². The Balaban J connectivity index is 2.51. The molecule has 4 nitrogen and oxygen atoms in total. The molecular formula is C10H17NO3. The van der Waals surface area contributed by atoms with Crippen molar-refractivity contribution in [2.24, 2.45) is 5.92 Å². The minimum atomic E-state index is -0.448. The fraction of sp³-hybridized carbons (Fsp3) is 0.800. The summed E-state index contributed by atoms with van der Waals surface area (Å²) in [5, 5.41) is 2.72. The summed E-state index contributed by atoms with van der Waals surface area (Å²) in [5.74, 6) is -0.145. The monoisotopic (exact) mass is 199 g/mol. The molecule has 0 aromatic rings. The highest BCUT2D eigenvalue weighted by Gasteiger charge is 2.34. The van der Waals surface area contributed by atoms with Gasteiger partial charge in [-0.3, -0.25) is 9.59 Å². The Morgan fingerprint density at radius 1 is 1.71 bits per heavy atom. The standard InChI is InChI=1S/C10H17NO3/c1-4-6(2)10(13)11-9-7(3)14-5-8(9)12/h6-7,9H,4-5H2,1-3H3,(H,11,13)/t6-,7-,9+/m0/s1. The third-order valence-corrected chi connectivity index (χ3v) is 2.66. The van der Waals surface area contributed by atoms with E-state index in [0.29, 0.717) is 0 Å². The number of Topliss-reactive ketones (excluding diaryl/α,β-unsaturated/α-hetero) is 1. The van der Waals surface area contributed by atoms with Gasteiger partial charge in [-0.05, 0) is 13.3 Å². The fourth-order valence-electron chi connectivity index (χ4n) is 1.34. The van der Waals surface area contributed by atoms with Gasteiger partial charge < -0.3 is 10.1 Å². The zero-order valence-electron chi connectivity index (χ0n) is 8.87. The van der Waals surface area contributed by atoms with Crippen molar-refractivity contribution in [2.75, 3.05) is 6.61 Å². The molecule has 1 amide bonds. The lowest BCUT2D eigenvalue weighted by Crippen LogP contribution is -2.45. The lowest BCUT2D eigenvalue weighted by Gasteiger charge is -2.17. The van der Waals surface area contributed by atoms with E-state index in [1.807, 2.05) is 13.8 Å². The summed E-state index contributed by atoms with van der Waals surface area (Å²) in [5.41, 5.74) is 0. The number of ether oxygens (including phenoxy) is 1. The van der Waals surface area contributed by atoms with Gasteiger partial charge in [-0.2, -0.15) is 0 Å². The predicted molar refractivity (Wildman–Crippen MR) is 51.8 cm³/mol. The van der Waals surface area contributed by atoms with Crippen LogP contribution in [0.25, 0.3) is 0 Å². The average Bonchev–Trinajstić information content (AvgIpc) is 2.48. The van der Waals surface area contributed by atoms with Crippen molar-refractivity contribution < 1.29 is 14.3 Å². The van der Waals surface area contributed by atoms with E-state index in [9.17, 15) is 9.59 Å². The second-order valence-corrected chi connectivity index (χ2v) is 3.78. The maximum atomic E-state index is 11.5. The number of hydrogen-bond acceptors (Lipinski definition) is 3. The zero-order valence-corrected chi connectivity index (χ0v) is 8.87. The molecule has 1 aliphatic rings. The molecule has 0 aliphatic carbocycles. The fourth-order valence-corrected chi connectivity index (χ4v) is 1.34. The van der Waals surface area contributed by atoms with Crippen molar-refractivity contribution >= 4 is 11.7 Å². The Hall–Kier alpha value is -0.900. The van der Waals surface area contributed by atoms with Crippen molar-refractivity contribution in [1.29, 1.82) is 0 Å². The normalized spacial score (nSPS) is 28.9. The average molecular weight is 199 g/mol. The second-order valence-electron chi connectivity index (χ2n) is 3.78. The van der Waals surface area contributed by atoms with E-state index in [0.717, 1.165) is 6.42 Å². The molecule has 0 unspecified atom stereocenters. The quantitative estimate of drug-likeness (QED) is 0.720. The summed E-state index contributed by atoms with van der Waals surface area (Å²) < 4.78 is 5.13. The lowest BCUT2D eigenvalue weighted by molar-refractivity contribution is -0.128. The molecule has 0 spiro atoms. The Kier molecular flexibility index (Phi) is 3.63. The number of ketones is 1. The Bertz CT molecular complexity index is 240. The van der Waals surface area contributed by atoms with Gasteiger partial charge in [0.15, 0.2) is 5.78 Å². The van der Waals surface area contributed by atoms with Crippen LogP contribution in [0.3, 0.4) is 0 Å². The number of nitrogens with one attached hydrogen (secondary N) is 1. The van der Waals surface area contributed by atoms with Gasteiger partial charge in [-0.25, -0.2) is 0 Å². The third kappa shape index (κ3) is 2.32. The third-order valence-electron chi connectivity index (χ3n) is 2.66. The molecule has 0 bridgehead atoms. The van der Waals surface area contributed by atoms with E-state index in [1.54, 1.807) is 6.92 Å². The van der Waals surface area contributed by atoms with Gasteiger partial charge in [0.05, 0.1) is 6.10 Å². The van der Waals surface area contributed by atoms with Crippen LogP contribution in [0, 0.1) is 5.92 Å². The van der Waals surface area contributed by atoms with Gasteiger partial charge in [0.1, 0.15) is 12.6 Å². The van der Waals surface area contributed by atoms with Crippen LogP contribution in [0.2, 0.25) is 0 Å². The van der Waals surface area contributed by atoms with E-state index in [2.05, 4.69) is 5.32 Å². The van der Waals surface area contributed by atoms with Crippen LogP contribution in [0.4, 0.5) is 0 Å². The first-order valence-electron chi connectivity index (χ1n) is 5.01. The van der Waals surface area contributed by atoms with Gasteiger partial charge in [-0.1, -0.05) is 13.8 Å². The summed E-state index contributed by atoms with van der Waals surface area (Å²) in [6.45, 7) is 5.71. The molecule has 3 atom stereocenters. The smallest absolute Gasteiger partial charge is 0.223 e. The highest BCUT2D eigenvalue weighted by atomic mass is 16.5. The largest absolute Gasteiger partial charge is 0.368 e. The van der Waals surface area contributed by atoms with E-state index in [1.165, 1.54) is 0 Å². The zero-order chi connectivity index (χ0) is 10.7. The van der Waals surface area contributed by atoms with Crippen LogP contribution in [-0.2, 0) is 14.3 Å². The predicted octanol–water partition coefficient (Wildman–Crippen LogP) is 0.505. The molecule has 14 heavy (non-hydrogen) atoms. The first-order valence-corrected chi connectivity index (χ1v) is 5.01. The Morgan fingerprint density at radius 2 is 2.36 bits per heavy atom. The van der Waals surface area contributed by atoms with Gasteiger partial charge >= 0.3 is 0 Å². The number of carbonyl (C=O) groups is 2. The topological polar surface area (TPSA) is 55.4 Å². The summed E-state index contributed by atoms with van der Waals surface area (Å²) in [4.78, 5) is 22.8. The molecule has 1 rings (SSSR count). The molecule has 1 fully saturated rings. The first-order chi connectivity index (χ1) is 6.56. The minimum Gasteiger partial charge on any atom is -0.368 e. The van der Waals surface area contributed by atoms with E-state index in [4.69, 9.17) is 4.74 Å². The van der Waals surface area contributed by atoms with Crippen molar-refractivity contribution in [1.82, 2.24) is 5.32 Å². The second kappa shape index (κ2) is 4.55. The number of rotatable bonds is 3. The Morgan fingerprint density at radius 3 is 2.79 bits per heavy atom. The van der Waals surface area contributed by atoms with Crippen molar-refractivity contribution in [3.63, 3.8) is 0 Å². The maximum absolute atomic E-state index is 11.5. The Labute approximate surface area is 84.0 Å². The summed E-state index contributed by atoms with van der Waals surface area (Å²) >= 11 is 0. The summed E-state index contributed by atoms with van der Waals surface area (Å²) in [6.07, 6.45) is 0.581. The molecule has 1 aliphatic heterocycles. The van der Waals surface area contributed by atoms with Crippen LogP contribution in [-0.4, -0.2) is 30.4 Å². The van der Waals surface area contributed by atoms with Crippen molar-refractivity contribution in [2.45, 2.75) is 39.3 Å². The number of amides is 1. The molecule has 0 aromatic carbocycles. The number of carbonyl (C=O) groups excluding carboxylic acids is 2. The summed E-state index contributed by atoms with van der Waals surface area (Å²) in [6, 6.07) is -0.448. The molecule has 0 saturated carbocycles. The van der Waals surface area contributed by atoms with E-state index in [-0.39, 0.29) is 30.3 Å². The number of hydrogen-bond donors (Lipinski definition) is 1. The van der Waals surface area contributed by atoms with E-state index >= 15 is 0 Å².